The number of nitrogens with one attached hydrogen (secondary N) is 2. The van der Waals surface area contributed by atoms with Gasteiger partial charge in [0.2, 0.25) is 0 Å². The molecule has 2 atom stereocenters. The second-order valence-corrected chi connectivity index (χ2v) is 6.47. The summed E-state index contributed by atoms with van der Waals surface area (Å²) in [4.78, 5) is 12.1. The van der Waals surface area contributed by atoms with Crippen molar-refractivity contribution in [3.8, 4) is 0 Å². The summed E-state index contributed by atoms with van der Waals surface area (Å²) >= 11 is 0. The third-order valence-corrected chi connectivity index (χ3v) is 4.17. The van der Waals surface area contributed by atoms with Crippen LogP contribution in [0.4, 0.5) is 4.79 Å². The third-order valence-electron chi connectivity index (χ3n) is 4.17. The van der Waals surface area contributed by atoms with Gasteiger partial charge in [0.15, 0.2) is 0 Å². The topological polar surface area (TPSA) is 41.1 Å². The van der Waals surface area contributed by atoms with Crippen LogP contribution in [0.25, 0.3) is 0 Å². The van der Waals surface area contributed by atoms with Crippen LogP contribution in [0.1, 0.15) is 37.8 Å². The molecule has 0 aliphatic heterocycles. The highest BCUT2D eigenvalue weighted by Gasteiger charge is 2.10. The van der Waals surface area contributed by atoms with Gasteiger partial charge in [-0.3, -0.25) is 0 Å². The van der Waals surface area contributed by atoms with Crippen LogP contribution in [0.15, 0.2) is 60.7 Å². The lowest BCUT2D eigenvalue weighted by Crippen LogP contribution is -2.44. The van der Waals surface area contributed by atoms with Gasteiger partial charge < -0.3 is 10.6 Å². The van der Waals surface area contributed by atoms with E-state index in [0.717, 1.165) is 25.7 Å². The van der Waals surface area contributed by atoms with Crippen molar-refractivity contribution in [3.05, 3.63) is 71.8 Å². The van der Waals surface area contributed by atoms with Crippen LogP contribution >= 0.6 is 0 Å². The van der Waals surface area contributed by atoms with E-state index >= 15 is 0 Å². The number of carbonyl (C=O) groups is 1. The predicted molar refractivity (Wildman–Crippen MR) is 100 cm³/mol. The van der Waals surface area contributed by atoms with E-state index in [9.17, 15) is 4.79 Å². The molecule has 0 radical (unpaired) electrons. The van der Waals surface area contributed by atoms with Gasteiger partial charge in [-0.2, -0.15) is 0 Å². The molecule has 0 unspecified atom stereocenters. The number of hydrogen-bond acceptors (Lipinski definition) is 1. The number of benzene rings is 2. The molecule has 0 saturated heterocycles. The number of carbonyl (C=O) groups excluding carboxylic acids is 1. The lowest BCUT2D eigenvalue weighted by atomic mass is 10.1. The van der Waals surface area contributed by atoms with Gasteiger partial charge in [-0.05, 0) is 50.7 Å². The average Bonchev–Trinajstić information content (AvgIpc) is 2.60. The van der Waals surface area contributed by atoms with Gasteiger partial charge in [-0.25, -0.2) is 4.79 Å². The zero-order chi connectivity index (χ0) is 17.2. The summed E-state index contributed by atoms with van der Waals surface area (Å²) in [5.74, 6) is 0. The van der Waals surface area contributed by atoms with Gasteiger partial charge in [0.05, 0.1) is 0 Å². The molecular weight excluding hydrogens is 296 g/mol. The van der Waals surface area contributed by atoms with Gasteiger partial charge in [0.1, 0.15) is 0 Å². The maximum Gasteiger partial charge on any atom is 0.315 e. The van der Waals surface area contributed by atoms with Crippen LogP contribution in [-0.2, 0) is 12.8 Å². The maximum atomic E-state index is 12.1. The first kappa shape index (κ1) is 18.1. The van der Waals surface area contributed by atoms with Crippen LogP contribution < -0.4 is 10.6 Å². The number of urea groups is 1. The molecule has 2 N–H and O–H groups in total. The van der Waals surface area contributed by atoms with E-state index in [0.29, 0.717) is 0 Å². The monoisotopic (exact) mass is 324 g/mol. The van der Waals surface area contributed by atoms with Gasteiger partial charge in [-0.1, -0.05) is 60.7 Å². The Morgan fingerprint density at radius 1 is 0.750 bits per heavy atom. The molecule has 24 heavy (non-hydrogen) atoms. The molecule has 0 bridgehead atoms. The molecule has 3 heteroatoms. The molecule has 2 aromatic rings. The van der Waals surface area contributed by atoms with E-state index in [1.54, 1.807) is 0 Å². The first-order chi connectivity index (χ1) is 11.6. The molecule has 128 valence electrons. The van der Waals surface area contributed by atoms with Crippen molar-refractivity contribution < 1.29 is 4.79 Å². The van der Waals surface area contributed by atoms with Crippen molar-refractivity contribution in [2.45, 2.75) is 51.6 Å². The molecule has 0 aliphatic rings. The Hall–Kier alpha value is -2.29. The molecule has 3 nitrogen and oxygen atoms in total. The Morgan fingerprint density at radius 2 is 1.12 bits per heavy atom. The predicted octanol–water partition coefficient (Wildman–Crippen LogP) is 4.33. The zero-order valence-corrected chi connectivity index (χ0v) is 14.7. The molecule has 0 heterocycles. The van der Waals surface area contributed by atoms with Crippen molar-refractivity contribution >= 4 is 6.03 Å². The van der Waals surface area contributed by atoms with E-state index in [-0.39, 0.29) is 18.1 Å². The second kappa shape index (κ2) is 9.76. The van der Waals surface area contributed by atoms with Crippen LogP contribution in [0.5, 0.6) is 0 Å². The number of hydrogen-bond donors (Lipinski definition) is 2. The minimum absolute atomic E-state index is 0.0730. The normalized spacial score (nSPS) is 13.1. The van der Waals surface area contributed by atoms with Crippen molar-refractivity contribution in [1.82, 2.24) is 10.6 Å². The minimum atomic E-state index is -0.0730. The number of aryl methyl sites for hydroxylation is 2. The molecule has 2 amide bonds. The standard InChI is InChI=1S/C21H28N2O/c1-17(13-15-19-9-5-3-6-10-19)22-21(24)23-18(2)14-16-20-11-7-4-8-12-20/h3-12,17-18H,13-16H2,1-2H3,(H2,22,23,24)/t17-,18-/m0/s1. The Bertz CT molecular complexity index is 544. The summed E-state index contributed by atoms with van der Waals surface area (Å²) in [7, 11) is 0. The summed E-state index contributed by atoms with van der Waals surface area (Å²) in [6, 6.07) is 21.0. The fourth-order valence-electron chi connectivity index (χ4n) is 2.69. The van der Waals surface area contributed by atoms with Crippen LogP contribution in [0, 0.1) is 0 Å². The van der Waals surface area contributed by atoms with Crippen LogP contribution in [0.3, 0.4) is 0 Å². The highest BCUT2D eigenvalue weighted by atomic mass is 16.2. The lowest BCUT2D eigenvalue weighted by Gasteiger charge is -2.18. The fourth-order valence-corrected chi connectivity index (χ4v) is 2.69. The van der Waals surface area contributed by atoms with Gasteiger partial charge in [-0.15, -0.1) is 0 Å². The third kappa shape index (κ3) is 6.86. The summed E-state index contributed by atoms with van der Waals surface area (Å²) in [6.45, 7) is 4.11. The van der Waals surface area contributed by atoms with E-state index in [2.05, 4.69) is 73.0 Å². The molecule has 0 saturated carbocycles. The molecule has 0 aromatic heterocycles. The highest BCUT2D eigenvalue weighted by molar-refractivity contribution is 5.74. The fraction of sp³-hybridized carbons (Fsp3) is 0.381. The van der Waals surface area contributed by atoms with Crippen molar-refractivity contribution in [1.29, 1.82) is 0 Å². The first-order valence-electron chi connectivity index (χ1n) is 8.78. The van der Waals surface area contributed by atoms with E-state index in [4.69, 9.17) is 0 Å². The molecular formula is C21H28N2O. The minimum Gasteiger partial charge on any atom is -0.336 e. The number of rotatable bonds is 8. The summed E-state index contributed by atoms with van der Waals surface area (Å²) < 4.78 is 0. The Kier molecular flexibility index (Phi) is 7.34. The first-order valence-corrected chi connectivity index (χ1v) is 8.78. The Balaban J connectivity index is 1.64. The van der Waals surface area contributed by atoms with Crippen LogP contribution in [-0.4, -0.2) is 18.1 Å². The van der Waals surface area contributed by atoms with E-state index in [1.165, 1.54) is 11.1 Å². The molecule has 2 aromatic carbocycles. The maximum absolute atomic E-state index is 12.1. The van der Waals surface area contributed by atoms with Gasteiger partial charge >= 0.3 is 6.03 Å². The smallest absolute Gasteiger partial charge is 0.315 e. The lowest BCUT2D eigenvalue weighted by molar-refractivity contribution is 0.233. The molecule has 0 fully saturated rings. The molecule has 0 aliphatic carbocycles. The Morgan fingerprint density at radius 3 is 1.50 bits per heavy atom. The average molecular weight is 324 g/mol. The highest BCUT2D eigenvalue weighted by Crippen LogP contribution is 2.06. The van der Waals surface area contributed by atoms with Gasteiger partial charge in [0, 0.05) is 12.1 Å². The molecule has 2 rings (SSSR count). The van der Waals surface area contributed by atoms with E-state index < -0.39 is 0 Å². The Labute approximate surface area is 145 Å². The quantitative estimate of drug-likeness (QED) is 0.745. The van der Waals surface area contributed by atoms with Crippen molar-refractivity contribution in [2.24, 2.45) is 0 Å². The van der Waals surface area contributed by atoms with Crippen molar-refractivity contribution in [3.63, 3.8) is 0 Å². The molecule has 0 spiro atoms. The largest absolute Gasteiger partial charge is 0.336 e. The van der Waals surface area contributed by atoms with Crippen molar-refractivity contribution in [2.75, 3.05) is 0 Å². The zero-order valence-electron chi connectivity index (χ0n) is 14.7. The second-order valence-electron chi connectivity index (χ2n) is 6.47. The summed E-state index contributed by atoms with van der Waals surface area (Å²) in [5, 5.41) is 6.06. The summed E-state index contributed by atoms with van der Waals surface area (Å²) in [5.41, 5.74) is 2.62. The summed E-state index contributed by atoms with van der Waals surface area (Å²) in [6.07, 6.45) is 3.84. The van der Waals surface area contributed by atoms with Gasteiger partial charge in [0.25, 0.3) is 0 Å². The van der Waals surface area contributed by atoms with E-state index in [1.807, 2.05) is 12.1 Å². The number of amides is 2. The van der Waals surface area contributed by atoms with Crippen LogP contribution in [0.2, 0.25) is 0 Å². The SMILES string of the molecule is C[C@@H](CCc1ccccc1)NC(=O)N[C@@H](C)CCc1ccccc1.